The number of fused-ring (bicyclic) bond motifs is 1. The zero-order valence-corrected chi connectivity index (χ0v) is 8.26. The molecule has 0 amide bonds. The number of anilines is 1. The van der Waals surface area contributed by atoms with Crippen molar-refractivity contribution in [3.8, 4) is 0 Å². The number of rotatable bonds is 1. The van der Waals surface area contributed by atoms with Gasteiger partial charge in [0, 0.05) is 12.3 Å². The fraction of sp³-hybridized carbons (Fsp3) is 0.125. The topological polar surface area (TPSA) is 84.7 Å². The van der Waals surface area contributed by atoms with E-state index in [2.05, 4.69) is 15.0 Å². The summed E-state index contributed by atoms with van der Waals surface area (Å²) in [5.41, 5.74) is 5.97. The average molecular weight is 208 g/mol. The number of nitrogen functional groups attached to an aromatic ring is 1. The van der Waals surface area contributed by atoms with Crippen LogP contribution in [0.2, 0.25) is 0 Å². The second kappa shape index (κ2) is 3.30. The second-order valence-electron chi connectivity index (χ2n) is 2.66. The summed E-state index contributed by atoms with van der Waals surface area (Å²) >= 11 is 1.38. The molecule has 14 heavy (non-hydrogen) atoms. The Hall–Kier alpha value is -1.56. The summed E-state index contributed by atoms with van der Waals surface area (Å²) in [4.78, 5) is 22.4. The number of pyridine rings is 1. The highest BCUT2D eigenvalue weighted by molar-refractivity contribution is 7.98. The van der Waals surface area contributed by atoms with E-state index in [0.717, 1.165) is 0 Å². The molecule has 0 bridgehead atoms. The monoisotopic (exact) mass is 208 g/mol. The van der Waals surface area contributed by atoms with E-state index in [1.165, 1.54) is 17.8 Å². The van der Waals surface area contributed by atoms with Gasteiger partial charge in [0.1, 0.15) is 16.9 Å². The van der Waals surface area contributed by atoms with Crippen LogP contribution in [0.4, 0.5) is 5.82 Å². The van der Waals surface area contributed by atoms with Crippen LogP contribution in [0, 0.1) is 0 Å². The summed E-state index contributed by atoms with van der Waals surface area (Å²) in [5, 5.41) is 0.905. The maximum atomic E-state index is 11.4. The van der Waals surface area contributed by atoms with Gasteiger partial charge in [0.25, 0.3) is 0 Å². The lowest BCUT2D eigenvalue weighted by molar-refractivity contribution is 0.998. The lowest BCUT2D eigenvalue weighted by atomic mass is 10.3. The third-order valence-electron chi connectivity index (χ3n) is 1.80. The van der Waals surface area contributed by atoms with Gasteiger partial charge in [0.05, 0.1) is 0 Å². The Morgan fingerprint density at radius 1 is 1.50 bits per heavy atom. The van der Waals surface area contributed by atoms with Crippen molar-refractivity contribution in [1.82, 2.24) is 15.0 Å². The Bertz CT molecular complexity index is 536. The second-order valence-corrected chi connectivity index (χ2v) is 3.43. The van der Waals surface area contributed by atoms with Crippen molar-refractivity contribution < 1.29 is 0 Å². The first-order valence-electron chi connectivity index (χ1n) is 3.91. The van der Waals surface area contributed by atoms with Crippen LogP contribution in [0.1, 0.15) is 0 Å². The fourth-order valence-electron chi connectivity index (χ4n) is 1.18. The number of thioether (sulfide) groups is 1. The number of aromatic amines is 1. The first-order chi connectivity index (χ1) is 6.72. The molecule has 72 valence electrons. The van der Waals surface area contributed by atoms with Crippen molar-refractivity contribution >= 4 is 28.6 Å². The van der Waals surface area contributed by atoms with Gasteiger partial charge in [0.15, 0.2) is 10.6 Å². The molecule has 3 N–H and O–H groups in total. The Labute approximate surface area is 83.8 Å². The Balaban J connectivity index is 2.90. The predicted molar refractivity (Wildman–Crippen MR) is 56.4 cm³/mol. The van der Waals surface area contributed by atoms with Crippen LogP contribution >= 0.6 is 11.8 Å². The summed E-state index contributed by atoms with van der Waals surface area (Å²) in [6.45, 7) is 0. The lowest BCUT2D eigenvalue weighted by Crippen LogP contribution is -2.07. The first kappa shape index (κ1) is 9.01. The van der Waals surface area contributed by atoms with E-state index in [4.69, 9.17) is 5.73 Å². The van der Waals surface area contributed by atoms with Gasteiger partial charge in [-0.3, -0.25) is 4.79 Å². The Morgan fingerprint density at radius 3 is 3.00 bits per heavy atom. The number of H-pyrrole nitrogens is 1. The summed E-state index contributed by atoms with van der Waals surface area (Å²) in [6.07, 6.45) is 3.39. The maximum absolute atomic E-state index is 11.4. The summed E-state index contributed by atoms with van der Waals surface area (Å²) in [7, 11) is 0. The van der Waals surface area contributed by atoms with Crippen molar-refractivity contribution in [2.75, 3.05) is 12.0 Å². The fourth-order valence-corrected chi connectivity index (χ4v) is 1.55. The smallest absolute Gasteiger partial charge is 0.194 e. The van der Waals surface area contributed by atoms with E-state index in [0.29, 0.717) is 16.2 Å². The zero-order chi connectivity index (χ0) is 10.1. The highest BCUT2D eigenvalue weighted by Crippen LogP contribution is 2.16. The van der Waals surface area contributed by atoms with Crippen LogP contribution in [-0.4, -0.2) is 21.2 Å². The van der Waals surface area contributed by atoms with Gasteiger partial charge in [-0.15, -0.1) is 0 Å². The summed E-state index contributed by atoms with van der Waals surface area (Å²) < 4.78 is 0. The molecule has 0 aliphatic rings. The number of nitrogens with two attached hydrogens (primary N) is 1. The number of nitrogens with one attached hydrogen (secondary N) is 1. The molecule has 6 heteroatoms. The van der Waals surface area contributed by atoms with Crippen molar-refractivity contribution in [2.45, 2.75) is 5.16 Å². The molecule has 0 radical (unpaired) electrons. The van der Waals surface area contributed by atoms with Crippen molar-refractivity contribution in [1.29, 1.82) is 0 Å². The molecule has 0 aliphatic heterocycles. The molecule has 0 saturated carbocycles. The number of hydrogen-bond acceptors (Lipinski definition) is 5. The van der Waals surface area contributed by atoms with E-state index in [9.17, 15) is 4.79 Å². The van der Waals surface area contributed by atoms with E-state index in [-0.39, 0.29) is 11.2 Å². The van der Waals surface area contributed by atoms with Gasteiger partial charge in [-0.05, 0) is 6.26 Å². The minimum Gasteiger partial charge on any atom is -0.383 e. The SMILES string of the molecule is CSc1nc(N)c2c(=O)cc[nH]c2n1. The lowest BCUT2D eigenvalue weighted by Gasteiger charge is -2.01. The quantitative estimate of drug-likeness (QED) is 0.530. The third-order valence-corrected chi connectivity index (χ3v) is 2.35. The highest BCUT2D eigenvalue weighted by Gasteiger charge is 2.07. The molecule has 0 atom stereocenters. The minimum absolute atomic E-state index is 0.163. The minimum atomic E-state index is -0.163. The molecule has 2 heterocycles. The summed E-state index contributed by atoms with van der Waals surface area (Å²) in [6, 6.07) is 1.40. The van der Waals surface area contributed by atoms with Crippen LogP contribution in [0.25, 0.3) is 11.0 Å². The molecule has 2 rings (SSSR count). The van der Waals surface area contributed by atoms with Gasteiger partial charge in [-0.25, -0.2) is 9.97 Å². The van der Waals surface area contributed by atoms with Crippen LogP contribution in [-0.2, 0) is 0 Å². The van der Waals surface area contributed by atoms with Gasteiger partial charge in [-0.2, -0.15) is 0 Å². The molecule has 2 aromatic rings. The molecule has 2 aromatic heterocycles. The first-order valence-corrected chi connectivity index (χ1v) is 5.14. The maximum Gasteiger partial charge on any atom is 0.194 e. The third kappa shape index (κ3) is 1.33. The van der Waals surface area contributed by atoms with Crippen LogP contribution in [0.15, 0.2) is 22.2 Å². The van der Waals surface area contributed by atoms with Gasteiger partial charge < -0.3 is 10.7 Å². The number of hydrogen-bond donors (Lipinski definition) is 2. The van der Waals surface area contributed by atoms with E-state index < -0.39 is 0 Å². The molecule has 0 fully saturated rings. The van der Waals surface area contributed by atoms with Gasteiger partial charge >= 0.3 is 0 Å². The van der Waals surface area contributed by atoms with E-state index >= 15 is 0 Å². The predicted octanol–water partition coefficient (Wildman–Crippen LogP) is 0.622. The number of nitrogens with zero attached hydrogens (tertiary/aromatic N) is 2. The van der Waals surface area contributed by atoms with Crippen LogP contribution in [0.3, 0.4) is 0 Å². The molecule has 0 unspecified atom stereocenters. The molecule has 0 spiro atoms. The largest absolute Gasteiger partial charge is 0.383 e. The van der Waals surface area contributed by atoms with Crippen LogP contribution in [0.5, 0.6) is 0 Å². The Kier molecular flexibility index (Phi) is 2.12. The molecule has 0 aromatic carbocycles. The van der Waals surface area contributed by atoms with Crippen LogP contribution < -0.4 is 11.2 Å². The van der Waals surface area contributed by atoms with Crippen molar-refractivity contribution in [3.05, 3.63) is 22.5 Å². The van der Waals surface area contributed by atoms with Gasteiger partial charge in [-0.1, -0.05) is 11.8 Å². The van der Waals surface area contributed by atoms with Gasteiger partial charge in [0.2, 0.25) is 0 Å². The highest BCUT2D eigenvalue weighted by atomic mass is 32.2. The van der Waals surface area contributed by atoms with E-state index in [1.54, 1.807) is 6.20 Å². The summed E-state index contributed by atoms with van der Waals surface area (Å²) in [5.74, 6) is 0.223. The molecule has 5 nitrogen and oxygen atoms in total. The standard InChI is InChI=1S/C8H8N4OS/c1-14-8-11-6(9)5-4(13)2-3-10-7(5)12-8/h2-3H,1H3,(H3,9,10,11,12,13). The molecule has 0 aliphatic carbocycles. The number of aromatic nitrogens is 3. The zero-order valence-electron chi connectivity index (χ0n) is 7.44. The molecule has 0 saturated heterocycles. The van der Waals surface area contributed by atoms with E-state index in [1.807, 2.05) is 6.26 Å². The normalized spacial score (nSPS) is 10.6. The van der Waals surface area contributed by atoms with Crippen molar-refractivity contribution in [3.63, 3.8) is 0 Å². The Morgan fingerprint density at radius 2 is 2.29 bits per heavy atom. The molecular weight excluding hydrogens is 200 g/mol. The molecular formula is C8H8N4OS. The van der Waals surface area contributed by atoms with Crippen molar-refractivity contribution in [2.24, 2.45) is 0 Å². The average Bonchev–Trinajstić information content (AvgIpc) is 2.17.